The first-order valence-corrected chi connectivity index (χ1v) is 13.0. The zero-order chi connectivity index (χ0) is 26.2. The second-order valence-electron chi connectivity index (χ2n) is 8.94. The van der Waals surface area contributed by atoms with E-state index >= 15 is 0 Å². The van der Waals surface area contributed by atoms with Crippen molar-refractivity contribution in [3.63, 3.8) is 0 Å². The van der Waals surface area contributed by atoms with Gasteiger partial charge in [-0.3, -0.25) is 4.79 Å². The lowest BCUT2D eigenvalue weighted by atomic mass is 10.0. The van der Waals surface area contributed by atoms with E-state index in [0.29, 0.717) is 23.9 Å². The van der Waals surface area contributed by atoms with Crippen LogP contribution < -0.4 is 10.1 Å². The minimum absolute atomic E-state index is 0.00240. The molecule has 0 aliphatic heterocycles. The summed E-state index contributed by atoms with van der Waals surface area (Å²) in [7, 11) is 2.13. The SMILES string of the molecule is CCCN(C)Cc1sc(-c2nc(-c3cc(C)c(OCC(O)CNC(=O)CO)c(CC)c3)no2)cc1C. The van der Waals surface area contributed by atoms with Crippen LogP contribution >= 0.6 is 11.3 Å². The van der Waals surface area contributed by atoms with Gasteiger partial charge in [0.2, 0.25) is 11.7 Å². The Hall–Kier alpha value is -2.79. The third-order valence-electron chi connectivity index (χ3n) is 5.77. The van der Waals surface area contributed by atoms with Crippen molar-refractivity contribution in [3.8, 4) is 27.9 Å². The molecular formula is C26H36N4O5S. The highest BCUT2D eigenvalue weighted by atomic mass is 32.1. The smallest absolute Gasteiger partial charge is 0.268 e. The van der Waals surface area contributed by atoms with E-state index in [1.165, 1.54) is 10.4 Å². The zero-order valence-corrected chi connectivity index (χ0v) is 22.4. The number of aryl methyl sites for hydroxylation is 3. The number of rotatable bonds is 13. The first kappa shape index (κ1) is 27.8. The molecule has 0 aliphatic carbocycles. The van der Waals surface area contributed by atoms with Gasteiger partial charge in [0.25, 0.3) is 5.89 Å². The van der Waals surface area contributed by atoms with E-state index < -0.39 is 18.6 Å². The van der Waals surface area contributed by atoms with Crippen LogP contribution in [0.2, 0.25) is 0 Å². The Morgan fingerprint density at radius 2 is 2.03 bits per heavy atom. The lowest BCUT2D eigenvalue weighted by Gasteiger charge is -2.17. The van der Waals surface area contributed by atoms with Crippen LogP contribution in [0.3, 0.4) is 0 Å². The van der Waals surface area contributed by atoms with Gasteiger partial charge >= 0.3 is 0 Å². The molecule has 0 aliphatic rings. The summed E-state index contributed by atoms with van der Waals surface area (Å²) in [5, 5.41) is 25.5. The van der Waals surface area contributed by atoms with Crippen LogP contribution in [0.4, 0.5) is 0 Å². The van der Waals surface area contributed by atoms with E-state index in [-0.39, 0.29) is 13.2 Å². The molecule has 1 atom stereocenters. The normalized spacial score (nSPS) is 12.2. The van der Waals surface area contributed by atoms with Crippen LogP contribution in [0.5, 0.6) is 5.75 Å². The molecule has 3 aromatic rings. The summed E-state index contributed by atoms with van der Waals surface area (Å²) < 4.78 is 11.5. The molecule has 9 nitrogen and oxygen atoms in total. The van der Waals surface area contributed by atoms with Crippen molar-refractivity contribution in [1.29, 1.82) is 0 Å². The average molecular weight is 517 g/mol. The van der Waals surface area contributed by atoms with Gasteiger partial charge < -0.3 is 29.7 Å². The first-order chi connectivity index (χ1) is 17.2. The summed E-state index contributed by atoms with van der Waals surface area (Å²) in [4.78, 5) is 20.4. The number of aliphatic hydroxyl groups excluding tert-OH is 2. The van der Waals surface area contributed by atoms with Crippen LogP contribution in [-0.2, 0) is 17.8 Å². The van der Waals surface area contributed by atoms with Crippen molar-refractivity contribution in [2.24, 2.45) is 0 Å². The fourth-order valence-corrected chi connectivity index (χ4v) is 5.08. The number of ether oxygens (including phenoxy) is 1. The molecule has 1 aromatic carbocycles. The van der Waals surface area contributed by atoms with Gasteiger partial charge in [-0.2, -0.15) is 4.98 Å². The highest BCUT2D eigenvalue weighted by molar-refractivity contribution is 7.15. The number of hydrogen-bond acceptors (Lipinski definition) is 9. The third kappa shape index (κ3) is 7.13. The van der Waals surface area contributed by atoms with E-state index in [1.807, 2.05) is 26.0 Å². The lowest BCUT2D eigenvalue weighted by molar-refractivity contribution is -0.124. The molecule has 1 unspecified atom stereocenters. The topological polar surface area (TPSA) is 121 Å². The van der Waals surface area contributed by atoms with E-state index in [0.717, 1.165) is 41.1 Å². The van der Waals surface area contributed by atoms with Gasteiger partial charge in [-0.05, 0) is 75.2 Å². The van der Waals surface area contributed by atoms with Crippen LogP contribution in [0.1, 0.15) is 41.8 Å². The lowest BCUT2D eigenvalue weighted by Crippen LogP contribution is -2.36. The van der Waals surface area contributed by atoms with Gasteiger partial charge in [-0.15, -0.1) is 11.3 Å². The first-order valence-electron chi connectivity index (χ1n) is 12.2. The third-order valence-corrected chi connectivity index (χ3v) is 6.98. The van der Waals surface area contributed by atoms with Crippen molar-refractivity contribution in [2.45, 2.75) is 53.2 Å². The highest BCUT2D eigenvalue weighted by Crippen LogP contribution is 2.34. The quantitative estimate of drug-likeness (QED) is 0.316. The molecule has 0 fully saturated rings. The highest BCUT2D eigenvalue weighted by Gasteiger charge is 2.18. The largest absolute Gasteiger partial charge is 0.490 e. The number of aliphatic hydroxyl groups is 2. The number of nitrogens with zero attached hydrogens (tertiary/aromatic N) is 3. The fraction of sp³-hybridized carbons (Fsp3) is 0.500. The molecule has 2 aromatic heterocycles. The van der Waals surface area contributed by atoms with Crippen LogP contribution in [-0.4, -0.2) is 70.6 Å². The monoisotopic (exact) mass is 516 g/mol. The van der Waals surface area contributed by atoms with E-state index in [9.17, 15) is 9.90 Å². The fourth-order valence-electron chi connectivity index (χ4n) is 3.90. The number of thiophene rings is 1. The number of benzene rings is 1. The number of carbonyl (C=O) groups is 1. The van der Waals surface area contributed by atoms with Gasteiger partial charge in [0.15, 0.2) is 0 Å². The molecule has 0 saturated heterocycles. The molecule has 196 valence electrons. The van der Waals surface area contributed by atoms with Gasteiger partial charge in [-0.25, -0.2) is 0 Å². The predicted octanol–water partition coefficient (Wildman–Crippen LogP) is 3.33. The average Bonchev–Trinajstić information content (AvgIpc) is 3.48. The molecule has 36 heavy (non-hydrogen) atoms. The summed E-state index contributed by atoms with van der Waals surface area (Å²) in [5.74, 6) is 1.16. The minimum atomic E-state index is -0.898. The maximum absolute atomic E-state index is 11.2. The van der Waals surface area contributed by atoms with Crippen molar-refractivity contribution in [2.75, 3.05) is 33.4 Å². The summed E-state index contributed by atoms with van der Waals surface area (Å²) >= 11 is 1.68. The van der Waals surface area contributed by atoms with Crippen LogP contribution in [0, 0.1) is 13.8 Å². The van der Waals surface area contributed by atoms with Gasteiger partial charge in [0.1, 0.15) is 25.1 Å². The molecule has 0 bridgehead atoms. The maximum atomic E-state index is 11.2. The number of amides is 1. The summed E-state index contributed by atoms with van der Waals surface area (Å²) in [6.45, 7) is 9.59. The van der Waals surface area contributed by atoms with Crippen LogP contribution in [0.25, 0.3) is 22.2 Å². The van der Waals surface area contributed by atoms with Crippen molar-refractivity contribution >= 4 is 17.2 Å². The summed E-state index contributed by atoms with van der Waals surface area (Å²) in [5.41, 5.74) is 3.90. The Labute approximate surface area is 216 Å². The summed E-state index contributed by atoms with van der Waals surface area (Å²) in [6, 6.07) is 6.01. The molecular weight excluding hydrogens is 480 g/mol. The second-order valence-corrected chi connectivity index (χ2v) is 10.1. The Balaban J connectivity index is 1.74. The van der Waals surface area contributed by atoms with Gasteiger partial charge in [-0.1, -0.05) is 19.0 Å². The van der Waals surface area contributed by atoms with E-state index in [2.05, 4.69) is 47.3 Å². The number of hydrogen-bond donors (Lipinski definition) is 3. The van der Waals surface area contributed by atoms with Crippen molar-refractivity contribution in [3.05, 3.63) is 39.8 Å². The Morgan fingerprint density at radius 1 is 1.25 bits per heavy atom. The molecule has 3 rings (SSSR count). The minimum Gasteiger partial charge on any atom is -0.490 e. The maximum Gasteiger partial charge on any atom is 0.268 e. The number of nitrogens with one attached hydrogen (secondary N) is 1. The van der Waals surface area contributed by atoms with E-state index in [1.54, 1.807) is 11.3 Å². The van der Waals surface area contributed by atoms with Gasteiger partial charge in [0, 0.05) is 23.5 Å². The summed E-state index contributed by atoms with van der Waals surface area (Å²) in [6.07, 6.45) is 0.933. The second kappa shape index (κ2) is 13.0. The number of carbonyl (C=O) groups excluding carboxylic acids is 1. The molecule has 3 N–H and O–H groups in total. The van der Waals surface area contributed by atoms with Crippen molar-refractivity contribution in [1.82, 2.24) is 20.4 Å². The van der Waals surface area contributed by atoms with Crippen molar-refractivity contribution < 1.29 is 24.3 Å². The Kier molecular flexibility index (Phi) is 10.0. The Morgan fingerprint density at radius 3 is 2.72 bits per heavy atom. The Bertz CT molecular complexity index is 1160. The molecule has 0 radical (unpaired) electrons. The number of aromatic nitrogens is 2. The zero-order valence-electron chi connectivity index (χ0n) is 21.6. The van der Waals surface area contributed by atoms with E-state index in [4.69, 9.17) is 14.4 Å². The molecule has 1 amide bonds. The van der Waals surface area contributed by atoms with Crippen LogP contribution in [0.15, 0.2) is 22.7 Å². The molecule has 2 heterocycles. The molecule has 10 heteroatoms. The molecule has 0 saturated carbocycles. The van der Waals surface area contributed by atoms with Gasteiger partial charge in [0.05, 0.1) is 4.88 Å². The standard InChI is InChI=1S/C26H36N4O5S/c1-6-8-30(5)13-22-16(3)10-21(36-22)26-28-25(29-35-26)19-9-17(4)24(18(7-2)11-19)34-15-20(32)12-27-23(33)14-31/h9-11,20,31-32H,6-8,12-15H2,1-5H3,(H,27,33). The molecule has 0 spiro atoms. The predicted molar refractivity (Wildman–Crippen MR) is 140 cm³/mol.